The van der Waals surface area contributed by atoms with E-state index in [1.54, 1.807) is 19.2 Å². The Morgan fingerprint density at radius 1 is 1.28 bits per heavy atom. The van der Waals surface area contributed by atoms with E-state index in [0.29, 0.717) is 22.3 Å². The number of amides is 1. The van der Waals surface area contributed by atoms with Crippen LogP contribution in [0.4, 0.5) is 10.1 Å². The normalized spacial score (nSPS) is 10.5. The second-order valence-corrected chi connectivity index (χ2v) is 5.83. The van der Waals surface area contributed by atoms with Crippen molar-refractivity contribution in [3.63, 3.8) is 0 Å². The number of para-hydroxylation sites is 2. The van der Waals surface area contributed by atoms with Crippen molar-refractivity contribution in [1.82, 2.24) is 20.2 Å². The second kappa shape index (κ2) is 7.75. The Morgan fingerprint density at radius 2 is 2.12 bits per heavy atom. The fourth-order valence-electron chi connectivity index (χ4n) is 2.12. The van der Waals surface area contributed by atoms with Gasteiger partial charge in [-0.15, -0.1) is 5.10 Å². The minimum absolute atomic E-state index is 0.0754. The van der Waals surface area contributed by atoms with Crippen molar-refractivity contribution in [3.8, 4) is 11.4 Å². The molecule has 128 valence electrons. The van der Waals surface area contributed by atoms with Crippen LogP contribution in [0.2, 0.25) is 0 Å². The van der Waals surface area contributed by atoms with E-state index in [4.69, 9.17) is 4.74 Å². The molecule has 0 spiro atoms. The first-order valence-corrected chi connectivity index (χ1v) is 8.26. The van der Waals surface area contributed by atoms with Gasteiger partial charge in [-0.3, -0.25) is 4.79 Å². The number of anilines is 1. The highest BCUT2D eigenvalue weighted by Gasteiger charge is 2.14. The van der Waals surface area contributed by atoms with Gasteiger partial charge < -0.3 is 10.1 Å². The molecular weight excluding hydrogens is 345 g/mol. The Hall–Kier alpha value is -2.94. The lowest BCUT2D eigenvalue weighted by molar-refractivity contribution is -0.113. The van der Waals surface area contributed by atoms with E-state index >= 15 is 0 Å². The van der Waals surface area contributed by atoms with Crippen molar-refractivity contribution in [2.45, 2.75) is 5.16 Å². The van der Waals surface area contributed by atoms with Crippen molar-refractivity contribution >= 4 is 23.4 Å². The molecule has 0 bridgehead atoms. The van der Waals surface area contributed by atoms with Crippen LogP contribution in [0.1, 0.15) is 0 Å². The Bertz CT molecular complexity index is 886. The summed E-state index contributed by atoms with van der Waals surface area (Å²) in [5.41, 5.74) is 1.07. The van der Waals surface area contributed by atoms with Crippen molar-refractivity contribution in [2.24, 2.45) is 0 Å². The molecule has 0 radical (unpaired) electrons. The molecule has 3 rings (SSSR count). The first-order valence-electron chi connectivity index (χ1n) is 7.27. The van der Waals surface area contributed by atoms with Gasteiger partial charge in [-0.05, 0) is 40.8 Å². The molecule has 0 unspecified atom stereocenters. The summed E-state index contributed by atoms with van der Waals surface area (Å²) in [6, 6.07) is 13.0. The van der Waals surface area contributed by atoms with Crippen LogP contribution in [0.15, 0.2) is 53.7 Å². The summed E-state index contributed by atoms with van der Waals surface area (Å²) in [5, 5.41) is 14.6. The van der Waals surface area contributed by atoms with Gasteiger partial charge in [0.25, 0.3) is 0 Å². The summed E-state index contributed by atoms with van der Waals surface area (Å²) < 4.78 is 19.9. The number of aromatic nitrogens is 4. The fourth-order valence-corrected chi connectivity index (χ4v) is 2.80. The zero-order valence-corrected chi connectivity index (χ0v) is 14.0. The highest BCUT2D eigenvalue weighted by atomic mass is 32.2. The molecule has 3 aromatic rings. The number of carbonyl (C=O) groups excluding carboxylic acids is 1. The van der Waals surface area contributed by atoms with Gasteiger partial charge in [-0.1, -0.05) is 30.0 Å². The zero-order valence-electron chi connectivity index (χ0n) is 13.2. The maximum absolute atomic E-state index is 13.1. The molecule has 1 heterocycles. The minimum Gasteiger partial charge on any atom is -0.494 e. The van der Waals surface area contributed by atoms with Crippen LogP contribution < -0.4 is 10.1 Å². The van der Waals surface area contributed by atoms with Crippen LogP contribution in [0.3, 0.4) is 0 Å². The van der Waals surface area contributed by atoms with Crippen molar-refractivity contribution < 1.29 is 13.9 Å². The number of rotatable bonds is 6. The summed E-state index contributed by atoms with van der Waals surface area (Å²) >= 11 is 1.16. The molecule has 1 amide bonds. The maximum atomic E-state index is 13.1. The first kappa shape index (κ1) is 16.9. The number of halogens is 1. The first-order chi connectivity index (χ1) is 12.2. The minimum atomic E-state index is -0.412. The van der Waals surface area contributed by atoms with E-state index < -0.39 is 5.82 Å². The number of nitrogens with one attached hydrogen (secondary N) is 1. The molecule has 0 aliphatic heterocycles. The van der Waals surface area contributed by atoms with Gasteiger partial charge in [0.15, 0.2) is 0 Å². The largest absolute Gasteiger partial charge is 0.494 e. The average molecular weight is 359 g/mol. The molecule has 0 aliphatic rings. The van der Waals surface area contributed by atoms with Gasteiger partial charge in [0.05, 0.1) is 12.9 Å². The standard InChI is InChI=1S/C16H14FN5O2S/c1-24-14-8-3-2-7-13(14)22-16(19-20-21-22)25-10-15(23)18-12-6-4-5-11(17)9-12/h2-9H,10H2,1H3,(H,18,23). The van der Waals surface area contributed by atoms with Gasteiger partial charge in [-0.2, -0.15) is 4.68 Å². The van der Waals surface area contributed by atoms with Crippen molar-refractivity contribution in [1.29, 1.82) is 0 Å². The monoisotopic (exact) mass is 359 g/mol. The van der Waals surface area contributed by atoms with Gasteiger partial charge in [0, 0.05) is 5.69 Å². The predicted molar refractivity (Wildman–Crippen MR) is 91.5 cm³/mol. The quantitative estimate of drug-likeness (QED) is 0.681. The molecule has 7 nitrogen and oxygen atoms in total. The molecule has 0 saturated heterocycles. The molecule has 1 aromatic heterocycles. The predicted octanol–water partition coefficient (Wildman–Crippen LogP) is 2.54. The fraction of sp³-hybridized carbons (Fsp3) is 0.125. The lowest BCUT2D eigenvalue weighted by atomic mass is 10.3. The number of benzene rings is 2. The maximum Gasteiger partial charge on any atom is 0.234 e. The lowest BCUT2D eigenvalue weighted by Crippen LogP contribution is -2.14. The van der Waals surface area contributed by atoms with Crippen LogP contribution in [-0.2, 0) is 4.79 Å². The van der Waals surface area contributed by atoms with E-state index in [-0.39, 0.29) is 11.7 Å². The third-order valence-corrected chi connectivity index (χ3v) is 4.11. The van der Waals surface area contributed by atoms with Crippen LogP contribution >= 0.6 is 11.8 Å². The van der Waals surface area contributed by atoms with E-state index in [0.717, 1.165) is 11.8 Å². The third kappa shape index (κ3) is 4.13. The topological polar surface area (TPSA) is 81.9 Å². The summed E-state index contributed by atoms with van der Waals surface area (Å²) in [5.74, 6) is -0.0110. The van der Waals surface area contributed by atoms with Crippen LogP contribution in [0, 0.1) is 5.82 Å². The van der Waals surface area contributed by atoms with E-state index in [9.17, 15) is 9.18 Å². The smallest absolute Gasteiger partial charge is 0.234 e. The molecule has 0 saturated carbocycles. The zero-order chi connectivity index (χ0) is 17.6. The van der Waals surface area contributed by atoms with Crippen LogP contribution in [-0.4, -0.2) is 39.0 Å². The van der Waals surface area contributed by atoms with Gasteiger partial charge in [0.2, 0.25) is 11.1 Å². The molecular formula is C16H14FN5O2S. The Kier molecular flexibility index (Phi) is 5.24. The molecule has 0 aliphatic carbocycles. The molecule has 0 fully saturated rings. The van der Waals surface area contributed by atoms with Crippen molar-refractivity contribution in [2.75, 3.05) is 18.2 Å². The summed E-state index contributed by atoms with van der Waals surface area (Å²) in [6.07, 6.45) is 0. The van der Waals surface area contributed by atoms with Crippen LogP contribution in [0.5, 0.6) is 5.75 Å². The second-order valence-electron chi connectivity index (χ2n) is 4.89. The summed E-state index contributed by atoms with van der Waals surface area (Å²) in [7, 11) is 1.56. The molecule has 25 heavy (non-hydrogen) atoms. The van der Waals surface area contributed by atoms with Crippen LogP contribution in [0.25, 0.3) is 5.69 Å². The molecule has 2 aromatic carbocycles. The average Bonchev–Trinajstić information content (AvgIpc) is 3.08. The number of thioether (sulfide) groups is 1. The third-order valence-electron chi connectivity index (χ3n) is 3.19. The Balaban J connectivity index is 1.68. The molecule has 0 atom stereocenters. The number of carbonyl (C=O) groups is 1. The molecule has 9 heteroatoms. The number of tetrazole rings is 1. The van der Waals surface area contributed by atoms with Gasteiger partial charge in [-0.25, -0.2) is 4.39 Å². The van der Waals surface area contributed by atoms with E-state index in [1.807, 2.05) is 18.2 Å². The summed E-state index contributed by atoms with van der Waals surface area (Å²) in [4.78, 5) is 12.0. The van der Waals surface area contributed by atoms with Gasteiger partial charge >= 0.3 is 0 Å². The Morgan fingerprint density at radius 3 is 2.92 bits per heavy atom. The highest BCUT2D eigenvalue weighted by molar-refractivity contribution is 7.99. The van der Waals surface area contributed by atoms with Crippen molar-refractivity contribution in [3.05, 3.63) is 54.3 Å². The summed E-state index contributed by atoms with van der Waals surface area (Å²) in [6.45, 7) is 0. The number of nitrogens with zero attached hydrogens (tertiary/aromatic N) is 4. The van der Waals surface area contributed by atoms with E-state index in [1.165, 1.54) is 22.9 Å². The molecule has 1 N–H and O–H groups in total. The van der Waals surface area contributed by atoms with E-state index in [2.05, 4.69) is 20.8 Å². The van der Waals surface area contributed by atoms with Gasteiger partial charge in [0.1, 0.15) is 17.3 Å². The lowest BCUT2D eigenvalue weighted by Gasteiger charge is -2.09. The Labute approximate surface area is 147 Å². The SMILES string of the molecule is COc1ccccc1-n1nnnc1SCC(=O)Nc1cccc(F)c1. The highest BCUT2D eigenvalue weighted by Crippen LogP contribution is 2.25. The number of hydrogen-bond donors (Lipinski definition) is 1. The number of hydrogen-bond acceptors (Lipinski definition) is 6. The number of methoxy groups -OCH3 is 1. The number of ether oxygens (including phenoxy) is 1.